The molecule has 0 aliphatic carbocycles. The lowest BCUT2D eigenvalue weighted by Crippen LogP contribution is -2.46. The predicted molar refractivity (Wildman–Crippen MR) is 92.4 cm³/mol. The molecule has 4 heteroatoms. The van der Waals surface area contributed by atoms with Crippen molar-refractivity contribution in [1.82, 2.24) is 0 Å². The number of aromatic hydroxyl groups is 2. The lowest BCUT2D eigenvalue weighted by atomic mass is 9.93. The van der Waals surface area contributed by atoms with Gasteiger partial charge >= 0.3 is 0 Å². The maximum atomic E-state index is 10.5. The molecule has 2 aromatic rings. The third kappa shape index (κ3) is 1.84. The molecule has 23 heavy (non-hydrogen) atoms. The minimum absolute atomic E-state index is 0.382. The van der Waals surface area contributed by atoms with Crippen molar-refractivity contribution >= 4 is 11.4 Å². The average Bonchev–Trinajstić information content (AvgIpc) is 2.49. The van der Waals surface area contributed by atoms with Gasteiger partial charge in [-0.05, 0) is 56.0 Å². The van der Waals surface area contributed by atoms with Gasteiger partial charge in [0, 0.05) is 17.7 Å². The molecule has 0 spiro atoms. The second kappa shape index (κ2) is 4.57. The first kappa shape index (κ1) is 14.2. The Morgan fingerprint density at radius 1 is 0.783 bits per heavy atom. The molecule has 0 aromatic heterocycles. The van der Waals surface area contributed by atoms with Crippen molar-refractivity contribution in [3.05, 3.63) is 45.5 Å². The highest BCUT2D eigenvalue weighted by Gasteiger charge is 2.34. The Bertz CT molecular complexity index is 842. The minimum Gasteiger partial charge on any atom is -0.507 e. The van der Waals surface area contributed by atoms with Gasteiger partial charge in [0.2, 0.25) is 0 Å². The maximum Gasteiger partial charge on any atom is 0.125 e. The Morgan fingerprint density at radius 3 is 2.17 bits per heavy atom. The van der Waals surface area contributed by atoms with Crippen LogP contribution in [0.5, 0.6) is 11.5 Å². The van der Waals surface area contributed by atoms with Gasteiger partial charge in [0.05, 0.1) is 24.6 Å². The van der Waals surface area contributed by atoms with E-state index in [9.17, 15) is 10.2 Å². The Balaban J connectivity index is 1.93. The van der Waals surface area contributed by atoms with Crippen LogP contribution in [-0.2, 0) is 13.1 Å². The quantitative estimate of drug-likeness (QED) is 0.780. The van der Waals surface area contributed by atoms with E-state index in [1.807, 2.05) is 20.8 Å². The SMILES string of the molecule is Cc1cc2c(c(C)c1O)N1Cc3c(O)c(C)cc(C)c3N(C2)C1. The number of fused-ring (bicyclic) bond motifs is 6. The molecule has 2 bridgehead atoms. The van der Waals surface area contributed by atoms with Gasteiger partial charge in [-0.3, -0.25) is 0 Å². The van der Waals surface area contributed by atoms with Gasteiger partial charge in [0.15, 0.2) is 0 Å². The number of nitrogens with zero attached hydrogens (tertiary/aromatic N) is 2. The van der Waals surface area contributed by atoms with E-state index in [0.717, 1.165) is 41.2 Å². The Labute approximate surface area is 136 Å². The topological polar surface area (TPSA) is 46.9 Å². The van der Waals surface area contributed by atoms with Crippen molar-refractivity contribution in [2.24, 2.45) is 0 Å². The number of rotatable bonds is 0. The first-order valence-electron chi connectivity index (χ1n) is 8.02. The van der Waals surface area contributed by atoms with Crippen molar-refractivity contribution in [3.63, 3.8) is 0 Å². The molecule has 2 heterocycles. The summed E-state index contributed by atoms with van der Waals surface area (Å²) in [5, 5.41) is 20.8. The number of benzene rings is 2. The Kier molecular flexibility index (Phi) is 2.83. The van der Waals surface area contributed by atoms with Crippen LogP contribution in [0.15, 0.2) is 12.1 Å². The Morgan fingerprint density at radius 2 is 1.43 bits per heavy atom. The van der Waals surface area contributed by atoms with Crippen LogP contribution in [0.1, 0.15) is 33.4 Å². The zero-order valence-corrected chi connectivity index (χ0v) is 14.1. The normalized spacial score (nSPS) is 15.5. The molecule has 0 amide bonds. The van der Waals surface area contributed by atoms with E-state index in [4.69, 9.17) is 0 Å². The summed E-state index contributed by atoms with van der Waals surface area (Å²) in [5.41, 5.74) is 8.53. The summed E-state index contributed by atoms with van der Waals surface area (Å²) in [7, 11) is 0. The predicted octanol–water partition coefficient (Wildman–Crippen LogP) is 3.63. The molecule has 4 rings (SSSR count). The van der Waals surface area contributed by atoms with Crippen LogP contribution in [0.25, 0.3) is 0 Å². The van der Waals surface area contributed by atoms with E-state index in [0.29, 0.717) is 18.0 Å². The van der Waals surface area contributed by atoms with E-state index in [-0.39, 0.29) is 0 Å². The minimum atomic E-state index is 0.382. The lowest BCUT2D eigenvalue weighted by molar-refractivity contribution is 0.457. The average molecular weight is 310 g/mol. The number of hydrogen-bond donors (Lipinski definition) is 2. The zero-order valence-electron chi connectivity index (χ0n) is 14.1. The first-order valence-corrected chi connectivity index (χ1v) is 8.02. The van der Waals surface area contributed by atoms with Gasteiger partial charge in [-0.25, -0.2) is 0 Å². The second-order valence-corrected chi connectivity index (χ2v) is 6.90. The van der Waals surface area contributed by atoms with Crippen LogP contribution in [0.2, 0.25) is 0 Å². The van der Waals surface area contributed by atoms with Crippen LogP contribution >= 0.6 is 0 Å². The number of anilines is 2. The monoisotopic (exact) mass is 310 g/mol. The molecule has 0 saturated carbocycles. The van der Waals surface area contributed by atoms with E-state index in [1.54, 1.807) is 0 Å². The molecule has 2 aromatic carbocycles. The van der Waals surface area contributed by atoms with Crippen molar-refractivity contribution in [1.29, 1.82) is 0 Å². The number of phenols is 2. The summed E-state index contributed by atoms with van der Waals surface area (Å²) in [4.78, 5) is 4.58. The molecular formula is C19H22N2O2. The molecule has 0 saturated heterocycles. The molecule has 4 nitrogen and oxygen atoms in total. The summed E-state index contributed by atoms with van der Waals surface area (Å²) in [6.07, 6.45) is 0. The summed E-state index contributed by atoms with van der Waals surface area (Å²) in [6, 6.07) is 4.15. The number of phenolic OH excluding ortho intramolecular Hbond substituents is 2. The lowest BCUT2D eigenvalue weighted by Gasteiger charge is -2.46. The molecule has 0 atom stereocenters. The molecule has 0 unspecified atom stereocenters. The van der Waals surface area contributed by atoms with E-state index >= 15 is 0 Å². The molecular weight excluding hydrogens is 288 g/mol. The summed E-state index contributed by atoms with van der Waals surface area (Å²) in [6.45, 7) is 10.3. The van der Waals surface area contributed by atoms with Crippen molar-refractivity contribution in [2.75, 3.05) is 16.5 Å². The fourth-order valence-electron chi connectivity index (χ4n) is 4.25. The van der Waals surface area contributed by atoms with Gasteiger partial charge in [0.1, 0.15) is 11.5 Å². The van der Waals surface area contributed by atoms with Crippen LogP contribution < -0.4 is 9.80 Å². The van der Waals surface area contributed by atoms with Gasteiger partial charge in [-0.1, -0.05) is 6.07 Å². The van der Waals surface area contributed by atoms with Gasteiger partial charge in [0.25, 0.3) is 0 Å². The Hall–Kier alpha value is -2.36. The standard InChI is InChI=1S/C19H22N2O2/c1-10-5-11(2)19(23)15-8-21-9-20(16(10)15)7-14-6-12(3)18(22)13(4)17(14)21/h5-6,22-23H,7-9H2,1-4H3. The highest BCUT2D eigenvalue weighted by molar-refractivity contribution is 5.76. The third-order valence-electron chi connectivity index (χ3n) is 5.21. The molecule has 2 aliphatic rings. The van der Waals surface area contributed by atoms with E-state index < -0.39 is 0 Å². The second-order valence-electron chi connectivity index (χ2n) is 6.90. The molecule has 2 N–H and O–H groups in total. The molecule has 2 aliphatic heterocycles. The van der Waals surface area contributed by atoms with Crippen LogP contribution in [0.3, 0.4) is 0 Å². The van der Waals surface area contributed by atoms with Gasteiger partial charge in [-0.15, -0.1) is 0 Å². The first-order chi connectivity index (χ1) is 10.9. The maximum absolute atomic E-state index is 10.5. The highest BCUT2D eigenvalue weighted by Crippen LogP contribution is 2.46. The van der Waals surface area contributed by atoms with E-state index in [2.05, 4.69) is 28.9 Å². The van der Waals surface area contributed by atoms with Gasteiger partial charge in [-0.2, -0.15) is 0 Å². The van der Waals surface area contributed by atoms with Crippen LogP contribution in [0.4, 0.5) is 11.4 Å². The van der Waals surface area contributed by atoms with Crippen molar-refractivity contribution in [3.8, 4) is 11.5 Å². The molecule has 0 fully saturated rings. The number of hydrogen-bond acceptors (Lipinski definition) is 4. The summed E-state index contributed by atoms with van der Waals surface area (Å²) >= 11 is 0. The summed E-state index contributed by atoms with van der Waals surface area (Å²) in [5.74, 6) is 0.783. The fraction of sp³-hybridized carbons (Fsp3) is 0.368. The summed E-state index contributed by atoms with van der Waals surface area (Å²) < 4.78 is 0. The number of aryl methyl sites for hydroxylation is 3. The molecule has 0 radical (unpaired) electrons. The van der Waals surface area contributed by atoms with Gasteiger partial charge < -0.3 is 20.0 Å². The third-order valence-corrected chi connectivity index (χ3v) is 5.21. The zero-order chi connectivity index (χ0) is 16.5. The largest absolute Gasteiger partial charge is 0.507 e. The van der Waals surface area contributed by atoms with Crippen molar-refractivity contribution in [2.45, 2.75) is 40.8 Å². The fourth-order valence-corrected chi connectivity index (χ4v) is 4.25. The highest BCUT2D eigenvalue weighted by atomic mass is 16.3. The smallest absolute Gasteiger partial charge is 0.125 e. The molecule has 120 valence electrons. The van der Waals surface area contributed by atoms with Crippen molar-refractivity contribution < 1.29 is 10.2 Å². The van der Waals surface area contributed by atoms with Crippen LogP contribution in [-0.4, -0.2) is 16.9 Å². The van der Waals surface area contributed by atoms with Crippen LogP contribution in [0, 0.1) is 27.7 Å². The van der Waals surface area contributed by atoms with E-state index in [1.165, 1.54) is 16.8 Å².